The van der Waals surface area contributed by atoms with Crippen LogP contribution in [0.15, 0.2) is 55.2 Å². The fraction of sp³-hybridized carbons (Fsp3) is 0.333. The number of carbonyl (C=O) groups is 1. The number of hydrogen-bond acceptors (Lipinski definition) is 10. The number of carbonyl (C=O) groups excluding carboxylic acids is 1. The molecule has 1 aliphatic carbocycles. The Morgan fingerprint density at radius 3 is 2.70 bits per heavy atom. The molecule has 1 amide bonds. The lowest BCUT2D eigenvalue weighted by atomic mass is 10.1. The van der Waals surface area contributed by atoms with Crippen molar-refractivity contribution in [1.82, 2.24) is 34.4 Å². The van der Waals surface area contributed by atoms with Crippen molar-refractivity contribution in [2.45, 2.75) is 44.8 Å². The fourth-order valence-corrected chi connectivity index (χ4v) is 5.57. The average Bonchev–Trinajstić information content (AvgIpc) is 3.58. The number of ether oxygens (including phenoxy) is 2. The van der Waals surface area contributed by atoms with E-state index in [1.807, 2.05) is 37.8 Å². The van der Waals surface area contributed by atoms with Crippen LogP contribution in [0.4, 0.5) is 26.5 Å². The maximum Gasteiger partial charge on any atom is 0.410 e. The average molecular weight is 618 g/mol. The van der Waals surface area contributed by atoms with Crippen molar-refractivity contribution in [2.75, 3.05) is 29.9 Å². The lowest BCUT2D eigenvalue weighted by Crippen LogP contribution is -2.58. The van der Waals surface area contributed by atoms with E-state index in [1.165, 1.54) is 18.7 Å². The smallest absolute Gasteiger partial charge is 0.410 e. The van der Waals surface area contributed by atoms with Gasteiger partial charge in [-0.05, 0) is 63.9 Å². The van der Waals surface area contributed by atoms with Crippen LogP contribution in [0.25, 0.3) is 16.7 Å². The molecule has 0 atom stereocenters. The van der Waals surface area contributed by atoms with Gasteiger partial charge in [0, 0.05) is 31.9 Å². The van der Waals surface area contributed by atoms with Crippen molar-refractivity contribution >= 4 is 51.7 Å². The molecule has 0 unspecified atom stereocenters. The van der Waals surface area contributed by atoms with Gasteiger partial charge < -0.3 is 19.7 Å². The summed E-state index contributed by atoms with van der Waals surface area (Å²) in [4.78, 5) is 34.6. The second-order valence-electron chi connectivity index (χ2n) is 11.9. The Bertz CT molecular complexity index is 1910. The predicted molar refractivity (Wildman–Crippen MR) is 162 cm³/mol. The number of rotatable bonds is 5. The van der Waals surface area contributed by atoms with Crippen LogP contribution in [0.1, 0.15) is 33.6 Å². The van der Waals surface area contributed by atoms with Gasteiger partial charge in [-0.2, -0.15) is 5.10 Å². The van der Waals surface area contributed by atoms with E-state index >= 15 is 4.39 Å². The van der Waals surface area contributed by atoms with Crippen LogP contribution in [0.3, 0.4) is 0 Å². The summed E-state index contributed by atoms with van der Waals surface area (Å²) in [6, 6.07) is 10.2. The largest absolute Gasteiger partial charge is 0.455 e. The Kier molecular flexibility index (Phi) is 6.65. The zero-order valence-electron chi connectivity index (χ0n) is 24.3. The number of fused-ring (bicyclic) bond motifs is 2. The third-order valence-corrected chi connectivity index (χ3v) is 8.02. The quantitative estimate of drug-likeness (QED) is 0.252. The molecule has 1 saturated carbocycles. The molecule has 2 aliphatic rings. The third-order valence-electron chi connectivity index (χ3n) is 7.66. The maximum absolute atomic E-state index is 15.5. The topological polar surface area (TPSA) is 123 Å². The summed E-state index contributed by atoms with van der Waals surface area (Å²) in [5.74, 6) is 0.921. The number of halogens is 2. The second kappa shape index (κ2) is 10.4. The van der Waals surface area contributed by atoms with Gasteiger partial charge in [0.15, 0.2) is 17.3 Å². The van der Waals surface area contributed by atoms with E-state index in [9.17, 15) is 4.79 Å². The summed E-state index contributed by atoms with van der Waals surface area (Å²) < 4.78 is 28.6. The molecule has 1 spiro atoms. The third kappa shape index (κ3) is 5.27. The van der Waals surface area contributed by atoms with E-state index in [2.05, 4.69) is 30.3 Å². The molecular formula is C30H29ClFN9O3. The fourth-order valence-electron chi connectivity index (χ4n) is 5.37. The van der Waals surface area contributed by atoms with Gasteiger partial charge in [0.1, 0.15) is 46.1 Å². The Morgan fingerprint density at radius 1 is 1.07 bits per heavy atom. The number of anilines is 3. The number of piperazine rings is 1. The number of amides is 1. The molecule has 2 fully saturated rings. The van der Waals surface area contributed by atoms with Gasteiger partial charge >= 0.3 is 6.09 Å². The molecule has 1 saturated heterocycles. The van der Waals surface area contributed by atoms with Crippen molar-refractivity contribution in [2.24, 2.45) is 0 Å². The standard InChI is InChI=1S/C30H29ClFN9O3/c1-29(2,3)44-28(42)40-13-12-39(15-30(40)9-10-30)22-7-5-20-26(38-22)27(35-16-33-20)37-19-4-6-21(24(31)25(19)32)43-18-8-11-41-23(14-18)34-17-36-41/h4-8,11,14,16-17H,9-10,12-13,15H2,1-3H3,(H,33,35,37). The summed E-state index contributed by atoms with van der Waals surface area (Å²) >= 11 is 6.39. The first-order valence-electron chi connectivity index (χ1n) is 14.2. The van der Waals surface area contributed by atoms with Crippen LogP contribution >= 0.6 is 11.6 Å². The molecule has 5 heterocycles. The van der Waals surface area contributed by atoms with Crippen LogP contribution in [0, 0.1) is 5.82 Å². The number of benzene rings is 1. The lowest BCUT2D eigenvalue weighted by Gasteiger charge is -2.42. The number of nitrogens with zero attached hydrogens (tertiary/aromatic N) is 8. The van der Waals surface area contributed by atoms with Gasteiger partial charge in [0.25, 0.3) is 0 Å². The molecule has 1 aliphatic heterocycles. The highest BCUT2D eigenvalue weighted by molar-refractivity contribution is 6.32. The number of hydrogen-bond donors (Lipinski definition) is 1. The van der Waals surface area contributed by atoms with Crippen LogP contribution < -0.4 is 15.0 Å². The van der Waals surface area contributed by atoms with E-state index in [0.29, 0.717) is 47.9 Å². The minimum atomic E-state index is -0.704. The molecule has 7 rings (SSSR count). The van der Waals surface area contributed by atoms with E-state index < -0.39 is 11.4 Å². The Hall–Kier alpha value is -4.78. The van der Waals surface area contributed by atoms with Gasteiger partial charge in [-0.25, -0.2) is 33.6 Å². The van der Waals surface area contributed by atoms with Gasteiger partial charge in [-0.3, -0.25) is 4.90 Å². The monoisotopic (exact) mass is 617 g/mol. The summed E-state index contributed by atoms with van der Waals surface area (Å²) in [6.07, 6.45) is 6.03. The zero-order valence-corrected chi connectivity index (χ0v) is 25.0. The molecule has 0 bridgehead atoms. The zero-order chi connectivity index (χ0) is 30.6. The molecule has 4 aromatic heterocycles. The van der Waals surface area contributed by atoms with Gasteiger partial charge in [-0.1, -0.05) is 11.6 Å². The molecule has 14 heteroatoms. The van der Waals surface area contributed by atoms with Gasteiger partial charge in [0.05, 0.1) is 16.7 Å². The first-order chi connectivity index (χ1) is 21.1. The first kappa shape index (κ1) is 28.0. The summed E-state index contributed by atoms with van der Waals surface area (Å²) in [5.41, 5.74) is 0.925. The predicted octanol–water partition coefficient (Wildman–Crippen LogP) is 5.99. The minimum absolute atomic E-state index is 0.102. The number of pyridine rings is 2. The van der Waals surface area contributed by atoms with Crippen molar-refractivity contribution < 1.29 is 18.7 Å². The van der Waals surface area contributed by atoms with E-state index in [4.69, 9.17) is 26.1 Å². The molecular weight excluding hydrogens is 589 g/mol. The van der Waals surface area contributed by atoms with Crippen LogP contribution in [0.5, 0.6) is 11.5 Å². The van der Waals surface area contributed by atoms with Gasteiger partial charge in [0.2, 0.25) is 0 Å². The maximum atomic E-state index is 15.5. The summed E-state index contributed by atoms with van der Waals surface area (Å²) in [7, 11) is 0. The molecule has 0 radical (unpaired) electrons. The van der Waals surface area contributed by atoms with Crippen LogP contribution in [-0.4, -0.2) is 71.3 Å². The van der Waals surface area contributed by atoms with Crippen molar-refractivity contribution in [3.8, 4) is 11.5 Å². The molecule has 44 heavy (non-hydrogen) atoms. The first-order valence-corrected chi connectivity index (χ1v) is 14.6. The van der Waals surface area contributed by atoms with E-state index in [1.54, 1.807) is 28.9 Å². The minimum Gasteiger partial charge on any atom is -0.455 e. The highest BCUT2D eigenvalue weighted by Gasteiger charge is 2.54. The second-order valence-corrected chi connectivity index (χ2v) is 12.3. The van der Waals surface area contributed by atoms with Gasteiger partial charge in [-0.15, -0.1) is 0 Å². The Morgan fingerprint density at radius 2 is 1.91 bits per heavy atom. The summed E-state index contributed by atoms with van der Waals surface area (Å²) in [5, 5.41) is 6.89. The SMILES string of the molecule is CC(C)(C)OC(=O)N1CCN(c2ccc3ncnc(Nc4ccc(Oc5ccn6ncnc6c5)c(Cl)c4F)c3n2)CC12CC2. The molecule has 1 N–H and O–H groups in total. The highest BCUT2D eigenvalue weighted by Crippen LogP contribution is 2.45. The van der Waals surface area contributed by atoms with E-state index in [-0.39, 0.29) is 28.1 Å². The van der Waals surface area contributed by atoms with Crippen molar-refractivity contribution in [3.63, 3.8) is 0 Å². The Balaban J connectivity index is 1.12. The van der Waals surface area contributed by atoms with E-state index in [0.717, 1.165) is 18.7 Å². The molecule has 1 aromatic carbocycles. The van der Waals surface area contributed by atoms with Crippen LogP contribution in [0.2, 0.25) is 5.02 Å². The lowest BCUT2D eigenvalue weighted by molar-refractivity contribution is 0.0106. The number of aromatic nitrogens is 6. The molecule has 226 valence electrons. The van der Waals surface area contributed by atoms with Crippen molar-refractivity contribution in [1.29, 1.82) is 0 Å². The normalized spacial score (nSPS) is 16.0. The molecule has 5 aromatic rings. The Labute approximate surface area is 256 Å². The molecule has 12 nitrogen and oxygen atoms in total. The summed E-state index contributed by atoms with van der Waals surface area (Å²) in [6.45, 7) is 7.36. The van der Waals surface area contributed by atoms with Crippen LogP contribution in [-0.2, 0) is 4.74 Å². The highest BCUT2D eigenvalue weighted by atomic mass is 35.5. The van der Waals surface area contributed by atoms with Crippen molar-refractivity contribution in [3.05, 3.63) is 66.1 Å². The number of nitrogens with one attached hydrogen (secondary N) is 1.